The van der Waals surface area contributed by atoms with Crippen molar-refractivity contribution in [2.24, 2.45) is 0 Å². The van der Waals surface area contributed by atoms with E-state index in [2.05, 4.69) is 36.0 Å². The van der Waals surface area contributed by atoms with E-state index in [-0.39, 0.29) is 5.97 Å². The van der Waals surface area contributed by atoms with E-state index in [1.54, 1.807) is 0 Å². The Morgan fingerprint density at radius 3 is 1.86 bits per heavy atom. The van der Waals surface area contributed by atoms with E-state index in [9.17, 15) is 4.79 Å². The van der Waals surface area contributed by atoms with Gasteiger partial charge in [0, 0.05) is 6.42 Å². The number of rotatable bonds is 14. The summed E-state index contributed by atoms with van der Waals surface area (Å²) in [6.07, 6.45) is 23.0. The predicted octanol–water partition coefficient (Wildman–Crippen LogP) is 5.97. The van der Waals surface area contributed by atoms with Gasteiger partial charge in [-0.25, -0.2) is 0 Å². The first-order valence-corrected chi connectivity index (χ1v) is 8.69. The monoisotopic (exact) mass is 294 g/mol. The number of unbranched alkanes of at least 4 members (excludes halogenated alkanes) is 9. The fraction of sp³-hybridized carbons (Fsp3) is 0.737. The minimum absolute atomic E-state index is 0.0882. The van der Waals surface area contributed by atoms with Crippen LogP contribution in [0, 0.1) is 0 Å². The van der Waals surface area contributed by atoms with Crippen molar-refractivity contribution < 1.29 is 9.53 Å². The lowest BCUT2D eigenvalue weighted by atomic mass is 10.1. The molecule has 0 unspecified atom stereocenters. The molecule has 0 saturated carbocycles. The van der Waals surface area contributed by atoms with Crippen molar-refractivity contribution in [3.63, 3.8) is 0 Å². The van der Waals surface area contributed by atoms with E-state index in [0.29, 0.717) is 6.42 Å². The van der Waals surface area contributed by atoms with Crippen LogP contribution in [0.5, 0.6) is 0 Å². The fourth-order valence-corrected chi connectivity index (χ4v) is 2.20. The van der Waals surface area contributed by atoms with E-state index in [4.69, 9.17) is 0 Å². The van der Waals surface area contributed by atoms with Crippen molar-refractivity contribution in [1.82, 2.24) is 0 Å². The van der Waals surface area contributed by atoms with Crippen LogP contribution in [0.25, 0.3) is 0 Å². The molecule has 0 aliphatic heterocycles. The zero-order valence-electron chi connectivity index (χ0n) is 14.1. The van der Waals surface area contributed by atoms with E-state index in [1.165, 1.54) is 58.5 Å². The van der Waals surface area contributed by atoms with Gasteiger partial charge in [0.15, 0.2) is 0 Å². The fourth-order valence-electron chi connectivity index (χ4n) is 2.20. The molecule has 0 aliphatic rings. The molecular weight excluding hydrogens is 260 g/mol. The van der Waals surface area contributed by atoms with Gasteiger partial charge >= 0.3 is 5.97 Å². The predicted molar refractivity (Wildman–Crippen MR) is 91.4 cm³/mol. The first-order chi connectivity index (χ1) is 10.3. The third kappa shape index (κ3) is 16.9. The molecule has 0 bridgehead atoms. The Hall–Kier alpha value is -1.05. The van der Waals surface area contributed by atoms with Gasteiger partial charge in [0.1, 0.15) is 0 Å². The maximum atomic E-state index is 10.9. The molecule has 0 N–H and O–H groups in total. The highest BCUT2D eigenvalue weighted by molar-refractivity contribution is 5.68. The van der Waals surface area contributed by atoms with Crippen LogP contribution in [-0.2, 0) is 9.53 Å². The third-order valence-electron chi connectivity index (χ3n) is 3.59. The maximum absolute atomic E-state index is 10.9. The molecule has 0 rings (SSSR count). The minimum Gasteiger partial charge on any atom is -0.469 e. The summed E-state index contributed by atoms with van der Waals surface area (Å²) in [6.45, 7) is 2.25. The van der Waals surface area contributed by atoms with Crippen molar-refractivity contribution in [2.75, 3.05) is 7.11 Å². The second-order valence-electron chi connectivity index (χ2n) is 5.59. The molecule has 0 radical (unpaired) electrons. The van der Waals surface area contributed by atoms with Crippen molar-refractivity contribution >= 4 is 5.97 Å². The lowest BCUT2D eigenvalue weighted by molar-refractivity contribution is -0.140. The summed E-state index contributed by atoms with van der Waals surface area (Å²) in [5, 5.41) is 0. The summed E-state index contributed by atoms with van der Waals surface area (Å²) in [6, 6.07) is 0. The molecule has 0 aromatic carbocycles. The van der Waals surface area contributed by atoms with Crippen LogP contribution in [0.15, 0.2) is 24.3 Å². The summed E-state index contributed by atoms with van der Waals surface area (Å²) in [4.78, 5) is 10.9. The number of esters is 1. The van der Waals surface area contributed by atoms with Gasteiger partial charge in [0.05, 0.1) is 7.11 Å². The second-order valence-corrected chi connectivity index (χ2v) is 5.59. The number of methoxy groups -OCH3 is 1. The van der Waals surface area contributed by atoms with Crippen LogP contribution in [0.3, 0.4) is 0 Å². The van der Waals surface area contributed by atoms with E-state index < -0.39 is 0 Å². The van der Waals surface area contributed by atoms with Gasteiger partial charge in [-0.1, -0.05) is 69.8 Å². The van der Waals surface area contributed by atoms with Gasteiger partial charge in [-0.3, -0.25) is 4.79 Å². The molecule has 2 nitrogen and oxygen atoms in total. The van der Waals surface area contributed by atoms with E-state index in [1.807, 2.05) is 0 Å². The van der Waals surface area contributed by atoms with Gasteiger partial charge in [-0.2, -0.15) is 0 Å². The first kappa shape index (κ1) is 19.9. The molecular formula is C19H34O2. The molecule has 0 amide bonds. The Bertz CT molecular complexity index is 279. The van der Waals surface area contributed by atoms with Crippen LogP contribution >= 0.6 is 0 Å². The van der Waals surface area contributed by atoms with E-state index >= 15 is 0 Å². The minimum atomic E-state index is -0.0882. The van der Waals surface area contributed by atoms with Gasteiger partial charge in [0.2, 0.25) is 0 Å². The normalized spacial score (nSPS) is 11.5. The quantitative estimate of drug-likeness (QED) is 0.224. The van der Waals surface area contributed by atoms with Crippen molar-refractivity contribution in [3.05, 3.63) is 24.3 Å². The Morgan fingerprint density at radius 2 is 1.33 bits per heavy atom. The Labute approximate surface area is 131 Å². The summed E-state index contributed by atoms with van der Waals surface area (Å²) in [7, 11) is 1.45. The zero-order valence-corrected chi connectivity index (χ0v) is 14.1. The molecule has 122 valence electrons. The third-order valence-corrected chi connectivity index (χ3v) is 3.59. The number of hydrogen-bond acceptors (Lipinski definition) is 2. The standard InChI is InChI=1S/C19H34O2/c1-3-4-5-6-7-8-9-10-11-12-13-14-15-16-17-18-19(20)21-2/h9-12H,3-8,13-18H2,1-2H3. The van der Waals surface area contributed by atoms with E-state index in [0.717, 1.165) is 19.3 Å². The average molecular weight is 294 g/mol. The Kier molecular flexibility index (Phi) is 16.2. The second kappa shape index (κ2) is 17.0. The number of allylic oxidation sites excluding steroid dienone is 4. The van der Waals surface area contributed by atoms with Crippen molar-refractivity contribution in [1.29, 1.82) is 0 Å². The summed E-state index contributed by atoms with van der Waals surface area (Å²) >= 11 is 0. The highest BCUT2D eigenvalue weighted by atomic mass is 16.5. The van der Waals surface area contributed by atoms with Crippen LogP contribution in [-0.4, -0.2) is 13.1 Å². The number of hydrogen-bond donors (Lipinski definition) is 0. The topological polar surface area (TPSA) is 26.3 Å². The van der Waals surface area contributed by atoms with Gasteiger partial charge in [-0.15, -0.1) is 0 Å². The average Bonchev–Trinajstić information content (AvgIpc) is 2.50. The number of ether oxygens (including phenoxy) is 1. The molecule has 0 saturated heterocycles. The molecule has 0 atom stereocenters. The molecule has 2 heteroatoms. The highest BCUT2D eigenvalue weighted by Gasteiger charge is 1.98. The Balaban J connectivity index is 3.23. The van der Waals surface area contributed by atoms with Crippen LogP contribution < -0.4 is 0 Å². The zero-order chi connectivity index (χ0) is 15.6. The first-order valence-electron chi connectivity index (χ1n) is 8.69. The molecule has 0 aromatic heterocycles. The highest BCUT2D eigenvalue weighted by Crippen LogP contribution is 2.07. The SMILES string of the molecule is CCCCCCCC=CC=CCCCCCCC(=O)OC. The molecule has 0 heterocycles. The number of carbonyl (C=O) groups excluding carboxylic acids is 1. The van der Waals surface area contributed by atoms with Crippen molar-refractivity contribution in [3.8, 4) is 0 Å². The molecule has 0 aliphatic carbocycles. The Morgan fingerprint density at radius 1 is 0.810 bits per heavy atom. The largest absolute Gasteiger partial charge is 0.469 e. The summed E-state index contributed by atoms with van der Waals surface area (Å²) in [5.41, 5.74) is 0. The van der Waals surface area contributed by atoms with Crippen LogP contribution in [0.4, 0.5) is 0 Å². The van der Waals surface area contributed by atoms with Gasteiger partial charge < -0.3 is 4.74 Å². The van der Waals surface area contributed by atoms with Crippen LogP contribution in [0.2, 0.25) is 0 Å². The lowest BCUT2D eigenvalue weighted by Crippen LogP contribution is -1.98. The van der Waals surface area contributed by atoms with Gasteiger partial charge in [0.25, 0.3) is 0 Å². The van der Waals surface area contributed by atoms with Crippen LogP contribution in [0.1, 0.15) is 84.0 Å². The summed E-state index contributed by atoms with van der Waals surface area (Å²) < 4.78 is 4.61. The molecule has 0 aromatic rings. The maximum Gasteiger partial charge on any atom is 0.305 e. The van der Waals surface area contributed by atoms with Gasteiger partial charge in [-0.05, 0) is 32.1 Å². The molecule has 21 heavy (non-hydrogen) atoms. The number of carbonyl (C=O) groups is 1. The van der Waals surface area contributed by atoms with Crippen molar-refractivity contribution in [2.45, 2.75) is 84.0 Å². The smallest absolute Gasteiger partial charge is 0.305 e. The molecule has 0 spiro atoms. The summed E-state index contributed by atoms with van der Waals surface area (Å²) in [5.74, 6) is -0.0882. The lowest BCUT2D eigenvalue weighted by Gasteiger charge is -1.99. The molecule has 0 fully saturated rings.